The first-order valence-corrected chi connectivity index (χ1v) is 7.49. The first-order chi connectivity index (χ1) is 10.7. The number of hydrogen-bond donors (Lipinski definition) is 1. The summed E-state index contributed by atoms with van der Waals surface area (Å²) >= 11 is 0. The van der Waals surface area contributed by atoms with Crippen LogP contribution in [0.5, 0.6) is 5.75 Å². The smallest absolute Gasteiger partial charge is 0.251 e. The van der Waals surface area contributed by atoms with Crippen LogP contribution >= 0.6 is 0 Å². The van der Waals surface area contributed by atoms with Gasteiger partial charge in [0.25, 0.3) is 5.91 Å². The van der Waals surface area contributed by atoms with Gasteiger partial charge in [-0.15, -0.1) is 0 Å². The van der Waals surface area contributed by atoms with Gasteiger partial charge in [0.05, 0.1) is 6.61 Å². The lowest BCUT2D eigenvalue weighted by atomic mass is 10.1. The van der Waals surface area contributed by atoms with Crippen molar-refractivity contribution in [3.63, 3.8) is 0 Å². The van der Waals surface area contributed by atoms with Crippen LogP contribution in [-0.2, 0) is 6.42 Å². The van der Waals surface area contributed by atoms with Gasteiger partial charge < -0.3 is 10.1 Å². The first-order valence-electron chi connectivity index (χ1n) is 7.49. The molecule has 0 bridgehead atoms. The van der Waals surface area contributed by atoms with Crippen molar-refractivity contribution in [1.29, 1.82) is 0 Å². The molecule has 1 aliphatic carbocycles. The second kappa shape index (κ2) is 6.60. The quantitative estimate of drug-likeness (QED) is 0.888. The second-order valence-electron chi connectivity index (χ2n) is 5.50. The van der Waals surface area contributed by atoms with Gasteiger partial charge in [0, 0.05) is 18.0 Å². The van der Waals surface area contributed by atoms with Crippen molar-refractivity contribution in [2.45, 2.75) is 25.3 Å². The monoisotopic (exact) mass is 299 g/mol. The minimum Gasteiger partial charge on any atom is -0.493 e. The van der Waals surface area contributed by atoms with Gasteiger partial charge in [-0.3, -0.25) is 4.79 Å². The molecule has 3 nitrogen and oxygen atoms in total. The number of benzene rings is 2. The number of carbonyl (C=O) groups excluding carboxylic acids is 1. The third-order valence-corrected chi connectivity index (χ3v) is 3.57. The second-order valence-corrected chi connectivity index (χ2v) is 5.50. The van der Waals surface area contributed by atoms with E-state index < -0.39 is 0 Å². The molecule has 1 fully saturated rings. The van der Waals surface area contributed by atoms with Crippen molar-refractivity contribution in [1.82, 2.24) is 5.32 Å². The van der Waals surface area contributed by atoms with E-state index >= 15 is 0 Å². The average molecular weight is 299 g/mol. The van der Waals surface area contributed by atoms with E-state index in [0.717, 1.165) is 18.4 Å². The van der Waals surface area contributed by atoms with E-state index in [1.807, 2.05) is 24.3 Å². The molecule has 114 valence electrons. The van der Waals surface area contributed by atoms with E-state index in [-0.39, 0.29) is 11.7 Å². The lowest BCUT2D eigenvalue weighted by molar-refractivity contribution is 0.0951. The lowest BCUT2D eigenvalue weighted by Gasteiger charge is -2.08. The molecule has 0 aliphatic heterocycles. The van der Waals surface area contributed by atoms with Crippen molar-refractivity contribution in [3.8, 4) is 5.75 Å². The number of rotatable bonds is 6. The molecule has 2 aromatic rings. The Morgan fingerprint density at radius 2 is 1.95 bits per heavy atom. The summed E-state index contributed by atoms with van der Waals surface area (Å²) in [6, 6.07) is 13.9. The highest BCUT2D eigenvalue weighted by Gasteiger charge is 2.23. The Morgan fingerprint density at radius 1 is 1.18 bits per heavy atom. The SMILES string of the molecule is O=C(NC1CC1)c1cccc(CCOc2ccc(F)cc2)c1. The van der Waals surface area contributed by atoms with Gasteiger partial charge in [-0.25, -0.2) is 4.39 Å². The standard InChI is InChI=1S/C18H18FNO2/c19-15-4-8-17(9-5-15)22-11-10-13-2-1-3-14(12-13)18(21)20-16-6-7-16/h1-5,8-9,12,16H,6-7,10-11H2,(H,20,21). The van der Waals surface area contributed by atoms with Crippen LogP contribution in [-0.4, -0.2) is 18.6 Å². The van der Waals surface area contributed by atoms with Gasteiger partial charge in [-0.1, -0.05) is 12.1 Å². The molecule has 1 amide bonds. The molecule has 0 heterocycles. The van der Waals surface area contributed by atoms with Gasteiger partial charge in [-0.05, 0) is 54.8 Å². The van der Waals surface area contributed by atoms with Crippen molar-refractivity contribution >= 4 is 5.91 Å². The summed E-state index contributed by atoms with van der Waals surface area (Å²) in [4.78, 5) is 12.0. The normalized spacial score (nSPS) is 13.7. The number of ether oxygens (including phenoxy) is 1. The van der Waals surface area contributed by atoms with E-state index in [2.05, 4.69) is 5.32 Å². The van der Waals surface area contributed by atoms with Crippen LogP contribution in [0.2, 0.25) is 0 Å². The molecule has 0 unspecified atom stereocenters. The maximum Gasteiger partial charge on any atom is 0.251 e. The molecule has 0 radical (unpaired) electrons. The molecule has 1 saturated carbocycles. The van der Waals surface area contributed by atoms with Gasteiger partial charge in [0.2, 0.25) is 0 Å². The molecule has 22 heavy (non-hydrogen) atoms. The summed E-state index contributed by atoms with van der Waals surface area (Å²) in [5, 5.41) is 2.98. The Morgan fingerprint density at radius 3 is 2.68 bits per heavy atom. The van der Waals surface area contributed by atoms with Gasteiger partial charge in [-0.2, -0.15) is 0 Å². The zero-order chi connectivity index (χ0) is 15.4. The maximum atomic E-state index is 12.8. The molecular weight excluding hydrogens is 281 g/mol. The number of amides is 1. The molecule has 0 atom stereocenters. The molecular formula is C18H18FNO2. The molecule has 0 saturated heterocycles. The Hall–Kier alpha value is -2.36. The van der Waals surface area contributed by atoms with E-state index in [4.69, 9.17) is 4.74 Å². The molecule has 0 spiro atoms. The number of halogens is 1. The molecule has 0 aromatic heterocycles. The van der Waals surface area contributed by atoms with Crippen LogP contribution < -0.4 is 10.1 Å². The van der Waals surface area contributed by atoms with Gasteiger partial charge >= 0.3 is 0 Å². The van der Waals surface area contributed by atoms with Crippen LogP contribution in [0, 0.1) is 5.82 Å². The minimum atomic E-state index is -0.276. The predicted octanol–water partition coefficient (Wildman–Crippen LogP) is 3.34. The van der Waals surface area contributed by atoms with Crippen molar-refractivity contribution in [2.75, 3.05) is 6.61 Å². The highest BCUT2D eigenvalue weighted by Crippen LogP contribution is 2.19. The van der Waals surface area contributed by atoms with Crippen LogP contribution in [0.4, 0.5) is 4.39 Å². The van der Waals surface area contributed by atoms with Crippen molar-refractivity contribution < 1.29 is 13.9 Å². The van der Waals surface area contributed by atoms with Gasteiger partial charge in [0.1, 0.15) is 11.6 Å². The summed E-state index contributed by atoms with van der Waals surface area (Å²) in [6.45, 7) is 0.485. The summed E-state index contributed by atoms with van der Waals surface area (Å²) in [6.07, 6.45) is 2.86. The molecule has 1 N–H and O–H groups in total. The largest absolute Gasteiger partial charge is 0.493 e. The Balaban J connectivity index is 1.53. The Labute approximate surface area is 129 Å². The van der Waals surface area contributed by atoms with E-state index in [0.29, 0.717) is 30.4 Å². The third-order valence-electron chi connectivity index (χ3n) is 3.57. The highest BCUT2D eigenvalue weighted by atomic mass is 19.1. The van der Waals surface area contributed by atoms with Gasteiger partial charge in [0.15, 0.2) is 0 Å². The van der Waals surface area contributed by atoms with E-state index in [1.165, 1.54) is 12.1 Å². The average Bonchev–Trinajstić information content (AvgIpc) is 3.34. The summed E-state index contributed by atoms with van der Waals surface area (Å²) in [5.74, 6) is 0.356. The van der Waals surface area contributed by atoms with E-state index in [9.17, 15) is 9.18 Å². The van der Waals surface area contributed by atoms with E-state index in [1.54, 1.807) is 12.1 Å². The topological polar surface area (TPSA) is 38.3 Å². The fourth-order valence-corrected chi connectivity index (χ4v) is 2.18. The maximum absolute atomic E-state index is 12.8. The molecule has 1 aliphatic rings. The summed E-state index contributed by atoms with van der Waals surface area (Å²) in [5.41, 5.74) is 1.73. The molecule has 4 heteroatoms. The fraction of sp³-hybridized carbons (Fsp3) is 0.278. The van der Waals surface area contributed by atoms with Crippen LogP contribution in [0.3, 0.4) is 0 Å². The van der Waals surface area contributed by atoms with Crippen LogP contribution in [0.15, 0.2) is 48.5 Å². The van der Waals surface area contributed by atoms with Crippen molar-refractivity contribution in [3.05, 3.63) is 65.5 Å². The Kier molecular flexibility index (Phi) is 4.37. The minimum absolute atomic E-state index is 0.0104. The van der Waals surface area contributed by atoms with Crippen LogP contribution in [0.25, 0.3) is 0 Å². The highest BCUT2D eigenvalue weighted by molar-refractivity contribution is 5.94. The summed E-state index contributed by atoms with van der Waals surface area (Å²) in [7, 11) is 0. The number of carbonyl (C=O) groups is 1. The zero-order valence-corrected chi connectivity index (χ0v) is 12.2. The third kappa shape index (κ3) is 4.07. The number of nitrogens with one attached hydrogen (secondary N) is 1. The van der Waals surface area contributed by atoms with Crippen LogP contribution in [0.1, 0.15) is 28.8 Å². The molecule has 2 aromatic carbocycles. The summed E-state index contributed by atoms with van der Waals surface area (Å²) < 4.78 is 18.4. The van der Waals surface area contributed by atoms with Crippen molar-refractivity contribution in [2.24, 2.45) is 0 Å². The Bertz CT molecular complexity index is 650. The predicted molar refractivity (Wildman–Crippen MR) is 82.5 cm³/mol. The number of hydrogen-bond acceptors (Lipinski definition) is 2. The lowest BCUT2D eigenvalue weighted by Crippen LogP contribution is -2.25. The fourth-order valence-electron chi connectivity index (χ4n) is 2.18. The zero-order valence-electron chi connectivity index (χ0n) is 12.2. The first kappa shape index (κ1) is 14.6. The molecule has 3 rings (SSSR count).